The van der Waals surface area contributed by atoms with Crippen molar-refractivity contribution in [1.29, 1.82) is 0 Å². The van der Waals surface area contributed by atoms with Crippen LogP contribution in [0.1, 0.15) is 10.6 Å². The zero-order valence-corrected chi connectivity index (χ0v) is 12.6. The van der Waals surface area contributed by atoms with Crippen molar-refractivity contribution in [2.75, 3.05) is 14.7 Å². The number of hydrogen-bond donors (Lipinski definition) is 2. The molecule has 2 rings (SSSR count). The molecule has 0 atom stereocenters. The number of carbonyl (C=O) groups excluding carboxylic acids is 1. The van der Waals surface area contributed by atoms with E-state index in [-0.39, 0.29) is 16.3 Å². The van der Waals surface area contributed by atoms with Crippen LogP contribution in [0.25, 0.3) is 0 Å². The van der Waals surface area contributed by atoms with E-state index in [9.17, 15) is 13.2 Å². The van der Waals surface area contributed by atoms with Gasteiger partial charge in [0.2, 0.25) is 10.0 Å². The van der Waals surface area contributed by atoms with Crippen molar-refractivity contribution in [3.8, 4) is 0 Å². The Hall–Kier alpha value is -1.80. The van der Waals surface area contributed by atoms with Crippen molar-refractivity contribution in [2.24, 2.45) is 0 Å². The molecular weight excluding hydrogens is 348 g/mol. The zero-order chi connectivity index (χ0) is 14.6. The molecule has 106 valence electrons. The van der Waals surface area contributed by atoms with Gasteiger partial charge < -0.3 is 9.73 Å². The van der Waals surface area contributed by atoms with Crippen LogP contribution in [0.15, 0.2) is 47.1 Å². The van der Waals surface area contributed by atoms with Gasteiger partial charge in [-0.15, -0.1) is 0 Å². The molecule has 8 heteroatoms. The molecule has 0 saturated heterocycles. The average molecular weight is 359 g/mol. The van der Waals surface area contributed by atoms with Crippen LogP contribution in [0.3, 0.4) is 0 Å². The maximum atomic E-state index is 11.7. The second-order valence-corrected chi connectivity index (χ2v) is 6.86. The van der Waals surface area contributed by atoms with Gasteiger partial charge in [-0.3, -0.25) is 9.52 Å². The molecule has 1 aromatic heterocycles. The van der Waals surface area contributed by atoms with E-state index in [1.807, 2.05) is 0 Å². The van der Waals surface area contributed by atoms with Gasteiger partial charge in [0.25, 0.3) is 5.91 Å². The number of sulfonamides is 1. The Morgan fingerprint density at radius 1 is 1.15 bits per heavy atom. The fraction of sp³-hybridized carbons (Fsp3) is 0.0833. The molecule has 0 fully saturated rings. The van der Waals surface area contributed by atoms with Crippen molar-refractivity contribution < 1.29 is 17.6 Å². The first-order valence-corrected chi connectivity index (χ1v) is 8.29. The molecule has 1 amide bonds. The first-order chi connectivity index (χ1) is 9.50. The van der Waals surface area contributed by atoms with Gasteiger partial charge in [-0.2, -0.15) is 0 Å². The molecule has 1 aromatic carbocycles. The topological polar surface area (TPSA) is 88.4 Å². The fourth-order valence-corrected chi connectivity index (χ4v) is 2.32. The van der Waals surface area contributed by atoms with E-state index in [4.69, 9.17) is 4.42 Å². The van der Waals surface area contributed by atoms with Gasteiger partial charge in [-0.25, -0.2) is 8.42 Å². The van der Waals surface area contributed by atoms with Crippen LogP contribution in [-0.2, 0) is 10.0 Å². The number of furan rings is 1. The lowest BCUT2D eigenvalue weighted by atomic mass is 10.3. The van der Waals surface area contributed by atoms with E-state index in [2.05, 4.69) is 26.0 Å². The lowest BCUT2D eigenvalue weighted by Gasteiger charge is -2.07. The lowest BCUT2D eigenvalue weighted by Crippen LogP contribution is -2.13. The zero-order valence-electron chi connectivity index (χ0n) is 10.2. The Kier molecular flexibility index (Phi) is 4.46. The minimum absolute atomic E-state index is 0.184. The molecule has 0 radical (unpaired) electrons. The molecule has 0 aliphatic carbocycles. The normalized spacial score (nSPS) is 11.1. The first-order valence-electron chi connectivity index (χ1n) is 5.51. The van der Waals surface area contributed by atoms with E-state index >= 15 is 0 Å². The van der Waals surface area contributed by atoms with Gasteiger partial charge in [0, 0.05) is 11.4 Å². The molecule has 6 nitrogen and oxygen atoms in total. The van der Waals surface area contributed by atoms with E-state index in [0.29, 0.717) is 11.4 Å². The molecule has 1 heterocycles. The standard InChI is InChI=1S/C12H11BrN2O4S/c13-8-20(17,18)15-10-5-3-9(4-6-10)14-12(16)11-2-1-7-19-11/h1-7,15H,8H2,(H,14,16). The van der Waals surface area contributed by atoms with Crippen molar-refractivity contribution in [1.82, 2.24) is 0 Å². The Bertz CT molecular complexity index is 681. The molecule has 0 unspecified atom stereocenters. The highest BCUT2D eigenvalue weighted by molar-refractivity contribution is 9.10. The number of hydrogen-bond acceptors (Lipinski definition) is 4. The van der Waals surface area contributed by atoms with Crippen LogP contribution < -0.4 is 10.0 Å². The fourth-order valence-electron chi connectivity index (χ4n) is 1.43. The smallest absolute Gasteiger partial charge is 0.291 e. The predicted octanol–water partition coefficient (Wildman–Crippen LogP) is 2.63. The van der Waals surface area contributed by atoms with Crippen LogP contribution in [0, 0.1) is 0 Å². The predicted molar refractivity (Wildman–Crippen MR) is 79.4 cm³/mol. The van der Waals surface area contributed by atoms with Crippen LogP contribution in [0.4, 0.5) is 11.4 Å². The van der Waals surface area contributed by atoms with Gasteiger partial charge in [0.15, 0.2) is 5.76 Å². The first kappa shape index (κ1) is 14.6. The largest absolute Gasteiger partial charge is 0.459 e. The quantitative estimate of drug-likeness (QED) is 0.804. The number of rotatable bonds is 5. The summed E-state index contributed by atoms with van der Waals surface area (Å²) in [6.07, 6.45) is 1.41. The summed E-state index contributed by atoms with van der Waals surface area (Å²) < 4.78 is 29.8. The number of amides is 1. The third kappa shape index (κ3) is 3.84. The third-order valence-corrected chi connectivity index (χ3v) is 4.95. The van der Waals surface area contributed by atoms with Crippen molar-refractivity contribution in [3.05, 3.63) is 48.4 Å². The molecule has 20 heavy (non-hydrogen) atoms. The minimum atomic E-state index is -3.38. The Morgan fingerprint density at radius 3 is 2.35 bits per heavy atom. The number of alkyl halides is 1. The Balaban J connectivity index is 2.04. The van der Waals surface area contributed by atoms with Gasteiger partial charge in [-0.05, 0) is 36.4 Å². The summed E-state index contributed by atoms with van der Waals surface area (Å²) in [7, 11) is -3.38. The van der Waals surface area contributed by atoms with Crippen LogP contribution in [0.5, 0.6) is 0 Å². The Morgan fingerprint density at radius 2 is 1.80 bits per heavy atom. The number of nitrogens with one attached hydrogen (secondary N) is 2. The highest BCUT2D eigenvalue weighted by Gasteiger charge is 2.10. The lowest BCUT2D eigenvalue weighted by molar-refractivity contribution is 0.0996. The second kappa shape index (κ2) is 6.10. The molecule has 0 saturated carbocycles. The number of benzene rings is 1. The summed E-state index contributed by atoms with van der Waals surface area (Å²) in [6.45, 7) is 0. The van der Waals surface area contributed by atoms with Gasteiger partial charge >= 0.3 is 0 Å². The maximum Gasteiger partial charge on any atom is 0.291 e. The third-order valence-electron chi connectivity index (χ3n) is 2.30. The molecular formula is C12H11BrN2O4S. The van der Waals surface area contributed by atoms with Crippen LogP contribution >= 0.6 is 15.9 Å². The summed E-state index contributed by atoms with van der Waals surface area (Å²) >= 11 is 2.88. The average Bonchev–Trinajstić information content (AvgIpc) is 2.95. The number of anilines is 2. The molecule has 2 aromatic rings. The van der Waals surface area contributed by atoms with Crippen LogP contribution in [-0.4, -0.2) is 19.0 Å². The molecule has 0 aliphatic heterocycles. The number of carbonyl (C=O) groups is 1. The SMILES string of the molecule is O=C(Nc1ccc(NS(=O)(=O)CBr)cc1)c1ccco1. The highest BCUT2D eigenvalue weighted by atomic mass is 79.9. The van der Waals surface area contributed by atoms with E-state index in [0.717, 1.165) is 0 Å². The molecule has 0 spiro atoms. The van der Waals surface area contributed by atoms with Crippen LogP contribution in [0.2, 0.25) is 0 Å². The Labute approximate surface area is 124 Å². The summed E-state index contributed by atoms with van der Waals surface area (Å²) in [5.74, 6) is -0.169. The van der Waals surface area contributed by atoms with Gasteiger partial charge in [0.1, 0.15) is 4.66 Å². The van der Waals surface area contributed by atoms with Gasteiger partial charge in [0.05, 0.1) is 6.26 Å². The molecule has 0 aliphatic rings. The monoisotopic (exact) mass is 358 g/mol. The summed E-state index contributed by atoms with van der Waals surface area (Å²) in [6, 6.07) is 9.46. The molecule has 2 N–H and O–H groups in total. The summed E-state index contributed by atoms with van der Waals surface area (Å²) in [5, 5.41) is 2.63. The molecule has 0 bridgehead atoms. The van der Waals surface area contributed by atoms with Gasteiger partial charge in [-0.1, -0.05) is 15.9 Å². The van der Waals surface area contributed by atoms with E-state index in [1.165, 1.54) is 6.26 Å². The van der Waals surface area contributed by atoms with Crippen molar-refractivity contribution >= 4 is 43.2 Å². The van der Waals surface area contributed by atoms with E-state index < -0.39 is 10.0 Å². The number of halogens is 1. The maximum absolute atomic E-state index is 11.7. The summed E-state index contributed by atoms with van der Waals surface area (Å²) in [5.41, 5.74) is 0.952. The van der Waals surface area contributed by atoms with E-state index in [1.54, 1.807) is 36.4 Å². The van der Waals surface area contributed by atoms with Crippen molar-refractivity contribution in [3.63, 3.8) is 0 Å². The minimum Gasteiger partial charge on any atom is -0.459 e. The van der Waals surface area contributed by atoms with Crippen molar-refractivity contribution in [2.45, 2.75) is 0 Å². The second-order valence-electron chi connectivity index (χ2n) is 3.83. The summed E-state index contributed by atoms with van der Waals surface area (Å²) in [4.78, 5) is 11.7. The highest BCUT2D eigenvalue weighted by Crippen LogP contribution is 2.16.